The van der Waals surface area contributed by atoms with Gasteiger partial charge in [-0.1, -0.05) is 0 Å². The van der Waals surface area contributed by atoms with Crippen LogP contribution in [0.2, 0.25) is 0 Å². The van der Waals surface area contributed by atoms with Crippen molar-refractivity contribution < 1.29 is 4.39 Å². The van der Waals surface area contributed by atoms with Crippen molar-refractivity contribution in [3.63, 3.8) is 0 Å². The van der Waals surface area contributed by atoms with E-state index in [0.717, 1.165) is 4.57 Å². The number of anilines is 1. The fourth-order valence-corrected chi connectivity index (χ4v) is 1.84. The highest BCUT2D eigenvalue weighted by Gasteiger charge is 2.13. The van der Waals surface area contributed by atoms with Gasteiger partial charge in [-0.25, -0.2) is 13.8 Å². The molecule has 0 aliphatic carbocycles. The van der Waals surface area contributed by atoms with Gasteiger partial charge in [0.05, 0.1) is 5.69 Å². The van der Waals surface area contributed by atoms with Gasteiger partial charge in [-0.05, 0) is 24.3 Å². The number of imidazole rings is 1. The molecular weight excluding hydrogens is 253 g/mol. The van der Waals surface area contributed by atoms with Gasteiger partial charge in [0, 0.05) is 0 Å². The Labute approximate surface area is 104 Å². The summed E-state index contributed by atoms with van der Waals surface area (Å²) >= 11 is 0. The molecule has 19 heavy (non-hydrogen) atoms. The van der Waals surface area contributed by atoms with E-state index in [4.69, 9.17) is 5.73 Å². The zero-order valence-electron chi connectivity index (χ0n) is 9.48. The van der Waals surface area contributed by atoms with Gasteiger partial charge in [0.25, 0.3) is 5.56 Å². The van der Waals surface area contributed by atoms with Crippen LogP contribution in [0.4, 0.5) is 10.3 Å². The molecule has 0 aliphatic heterocycles. The Balaban J connectivity index is 2.41. The third kappa shape index (κ3) is 1.69. The minimum atomic E-state index is -0.551. The van der Waals surface area contributed by atoms with Crippen molar-refractivity contribution in [3.05, 3.63) is 50.9 Å². The van der Waals surface area contributed by atoms with Gasteiger partial charge in [0.1, 0.15) is 5.82 Å². The highest BCUT2D eigenvalue weighted by atomic mass is 19.1. The molecule has 0 amide bonds. The maximum absolute atomic E-state index is 12.9. The average Bonchev–Trinajstić information content (AvgIpc) is 2.67. The molecule has 0 saturated carbocycles. The maximum Gasteiger partial charge on any atom is 0.332 e. The molecular formula is C11H8FN5O2. The fourth-order valence-electron chi connectivity index (χ4n) is 1.84. The molecule has 0 aliphatic rings. The molecule has 7 nitrogen and oxygen atoms in total. The summed E-state index contributed by atoms with van der Waals surface area (Å²) in [5, 5.41) is 0. The molecule has 0 radical (unpaired) electrons. The van der Waals surface area contributed by atoms with Gasteiger partial charge in [-0.3, -0.25) is 14.8 Å². The number of fused-ring (bicyclic) bond motifs is 1. The van der Waals surface area contributed by atoms with E-state index >= 15 is 0 Å². The Morgan fingerprint density at radius 3 is 2.53 bits per heavy atom. The highest BCUT2D eigenvalue weighted by Crippen LogP contribution is 2.12. The second kappa shape index (κ2) is 3.80. The van der Waals surface area contributed by atoms with Gasteiger partial charge in [-0.15, -0.1) is 0 Å². The predicted molar refractivity (Wildman–Crippen MR) is 66.7 cm³/mol. The van der Waals surface area contributed by atoms with E-state index in [0.29, 0.717) is 5.69 Å². The number of nitrogens with zero attached hydrogens (tertiary/aromatic N) is 2. The summed E-state index contributed by atoms with van der Waals surface area (Å²) in [4.78, 5) is 32.1. The van der Waals surface area contributed by atoms with Gasteiger partial charge in [0.15, 0.2) is 11.2 Å². The lowest BCUT2D eigenvalue weighted by atomic mass is 10.3. The molecule has 0 fully saturated rings. The number of aromatic amines is 2. The summed E-state index contributed by atoms with van der Waals surface area (Å²) in [7, 11) is 0. The van der Waals surface area contributed by atoms with Gasteiger partial charge < -0.3 is 5.73 Å². The summed E-state index contributed by atoms with van der Waals surface area (Å²) < 4.78 is 14.0. The van der Waals surface area contributed by atoms with Crippen LogP contribution in [0.1, 0.15) is 0 Å². The largest absolute Gasteiger partial charge is 0.369 e. The van der Waals surface area contributed by atoms with Crippen molar-refractivity contribution in [2.24, 2.45) is 0 Å². The fraction of sp³-hybridized carbons (Fsp3) is 0. The molecule has 0 spiro atoms. The van der Waals surface area contributed by atoms with Crippen molar-refractivity contribution >= 4 is 17.1 Å². The molecule has 4 N–H and O–H groups in total. The Hall–Kier alpha value is -2.90. The molecule has 1 aromatic carbocycles. The van der Waals surface area contributed by atoms with Crippen LogP contribution in [0.15, 0.2) is 33.9 Å². The number of hydrogen-bond donors (Lipinski definition) is 3. The quantitative estimate of drug-likeness (QED) is 0.578. The summed E-state index contributed by atoms with van der Waals surface area (Å²) in [5.74, 6) is -0.533. The number of halogens is 1. The molecule has 0 bridgehead atoms. The van der Waals surface area contributed by atoms with E-state index in [1.165, 1.54) is 24.3 Å². The molecule has 0 unspecified atom stereocenters. The molecule has 0 saturated heterocycles. The van der Waals surface area contributed by atoms with E-state index in [2.05, 4.69) is 15.0 Å². The van der Waals surface area contributed by atoms with Crippen LogP contribution in [0.5, 0.6) is 0 Å². The number of rotatable bonds is 1. The van der Waals surface area contributed by atoms with Crippen molar-refractivity contribution in [3.8, 4) is 5.69 Å². The third-order valence-electron chi connectivity index (χ3n) is 2.65. The van der Waals surface area contributed by atoms with Crippen LogP contribution < -0.4 is 17.0 Å². The van der Waals surface area contributed by atoms with Crippen LogP contribution in [0.3, 0.4) is 0 Å². The normalized spacial score (nSPS) is 11.0. The SMILES string of the molecule is Nc1nc2c([nH]c(=O)n2-c2ccc(F)cc2)c(=O)[nH]1. The van der Waals surface area contributed by atoms with Gasteiger partial charge >= 0.3 is 5.69 Å². The first-order valence-corrected chi connectivity index (χ1v) is 5.33. The summed E-state index contributed by atoms with van der Waals surface area (Å²) in [6.45, 7) is 0. The molecule has 3 aromatic rings. The minimum absolute atomic E-state index is 0.0172. The summed E-state index contributed by atoms with van der Waals surface area (Å²) in [6.07, 6.45) is 0. The van der Waals surface area contributed by atoms with Crippen LogP contribution in [0, 0.1) is 5.82 Å². The van der Waals surface area contributed by atoms with Crippen LogP contribution in [-0.4, -0.2) is 19.5 Å². The molecule has 8 heteroatoms. The molecule has 2 heterocycles. The van der Waals surface area contributed by atoms with Crippen molar-refractivity contribution in [1.82, 2.24) is 19.5 Å². The Morgan fingerprint density at radius 1 is 1.16 bits per heavy atom. The number of nitrogens with one attached hydrogen (secondary N) is 2. The number of nitrogens with two attached hydrogens (primary N) is 1. The molecule has 0 atom stereocenters. The van der Waals surface area contributed by atoms with E-state index in [9.17, 15) is 14.0 Å². The Kier molecular flexibility index (Phi) is 2.24. The number of hydrogen-bond acceptors (Lipinski definition) is 4. The van der Waals surface area contributed by atoms with Crippen LogP contribution in [-0.2, 0) is 0 Å². The van der Waals surface area contributed by atoms with Crippen molar-refractivity contribution in [1.29, 1.82) is 0 Å². The minimum Gasteiger partial charge on any atom is -0.369 e. The van der Waals surface area contributed by atoms with E-state index < -0.39 is 17.1 Å². The predicted octanol–water partition coefficient (Wildman–Crippen LogP) is 0.123. The Bertz CT molecular complexity index is 875. The van der Waals surface area contributed by atoms with Crippen LogP contribution >= 0.6 is 0 Å². The third-order valence-corrected chi connectivity index (χ3v) is 2.65. The van der Waals surface area contributed by atoms with E-state index in [1.807, 2.05) is 0 Å². The lowest BCUT2D eigenvalue weighted by Crippen LogP contribution is -2.15. The van der Waals surface area contributed by atoms with Gasteiger partial charge in [-0.2, -0.15) is 4.98 Å². The number of H-pyrrole nitrogens is 2. The second-order valence-corrected chi connectivity index (χ2v) is 3.89. The Morgan fingerprint density at radius 2 is 1.84 bits per heavy atom. The summed E-state index contributed by atoms with van der Waals surface area (Å²) in [6, 6.07) is 5.22. The molecule has 2 aromatic heterocycles. The monoisotopic (exact) mass is 261 g/mol. The summed E-state index contributed by atoms with van der Waals surface area (Å²) in [5.41, 5.74) is 4.85. The lowest BCUT2D eigenvalue weighted by Gasteiger charge is -2.02. The molecule has 96 valence electrons. The average molecular weight is 261 g/mol. The molecule has 3 rings (SSSR count). The first-order chi connectivity index (χ1) is 9.06. The highest BCUT2D eigenvalue weighted by molar-refractivity contribution is 5.72. The van der Waals surface area contributed by atoms with Gasteiger partial charge in [0.2, 0.25) is 5.95 Å². The second-order valence-electron chi connectivity index (χ2n) is 3.89. The van der Waals surface area contributed by atoms with Crippen molar-refractivity contribution in [2.45, 2.75) is 0 Å². The lowest BCUT2D eigenvalue weighted by molar-refractivity contribution is 0.627. The number of aromatic nitrogens is 4. The van der Waals surface area contributed by atoms with Crippen molar-refractivity contribution in [2.75, 3.05) is 5.73 Å². The van der Waals surface area contributed by atoms with E-state index in [-0.39, 0.29) is 17.1 Å². The first kappa shape index (κ1) is 11.2. The topological polar surface area (TPSA) is 110 Å². The number of nitrogen functional groups attached to an aromatic ring is 1. The standard InChI is InChI=1S/C11H8FN5O2/c12-5-1-3-6(4-2-5)17-8-7(14-11(17)19)9(18)16-10(13)15-8/h1-4H,(H,14,19)(H3,13,15,16,18). The smallest absolute Gasteiger partial charge is 0.332 e. The zero-order valence-corrected chi connectivity index (χ0v) is 9.48. The van der Waals surface area contributed by atoms with E-state index in [1.54, 1.807) is 0 Å². The zero-order chi connectivity index (χ0) is 13.6. The number of benzene rings is 1. The van der Waals surface area contributed by atoms with Crippen LogP contribution in [0.25, 0.3) is 16.9 Å². The maximum atomic E-state index is 12.9. The first-order valence-electron chi connectivity index (χ1n) is 5.33.